The molecule has 7 nitrogen and oxygen atoms in total. The van der Waals surface area contributed by atoms with Gasteiger partial charge in [-0.05, 0) is 49.4 Å². The average Bonchev–Trinajstić information content (AvgIpc) is 2.88. The molecule has 0 unspecified atom stereocenters. The van der Waals surface area contributed by atoms with Gasteiger partial charge < -0.3 is 21.3 Å². The van der Waals surface area contributed by atoms with Crippen LogP contribution in [0.15, 0.2) is 48.7 Å². The first kappa shape index (κ1) is 25.6. The van der Waals surface area contributed by atoms with E-state index in [-0.39, 0.29) is 34.5 Å². The summed E-state index contributed by atoms with van der Waals surface area (Å²) in [6.45, 7) is -0.560. The van der Waals surface area contributed by atoms with Crippen molar-refractivity contribution in [2.45, 2.75) is 50.2 Å². The van der Waals surface area contributed by atoms with Gasteiger partial charge in [0.1, 0.15) is 17.3 Å². The van der Waals surface area contributed by atoms with Crippen molar-refractivity contribution in [1.29, 1.82) is 0 Å². The minimum absolute atomic E-state index is 0.116. The normalized spacial score (nSPS) is 18.7. The Morgan fingerprint density at radius 3 is 2.50 bits per heavy atom. The van der Waals surface area contributed by atoms with Crippen LogP contribution in [0.25, 0.3) is 11.3 Å². The van der Waals surface area contributed by atoms with Crippen LogP contribution in [-0.4, -0.2) is 38.8 Å². The molecule has 5 N–H and O–H groups in total. The van der Waals surface area contributed by atoms with E-state index < -0.39 is 30.8 Å². The molecule has 0 bridgehead atoms. The Labute approximate surface area is 206 Å². The maximum absolute atomic E-state index is 15.0. The summed E-state index contributed by atoms with van der Waals surface area (Å²) < 4.78 is 41.0. The molecule has 0 saturated heterocycles. The molecule has 1 aromatic heterocycles. The first-order chi connectivity index (χ1) is 17.3. The third-order valence-electron chi connectivity index (χ3n) is 6.47. The number of aliphatic hydroxyl groups is 2. The van der Waals surface area contributed by atoms with E-state index in [1.54, 1.807) is 6.20 Å². The highest BCUT2D eigenvalue weighted by molar-refractivity contribution is 5.95. The molecule has 1 aliphatic rings. The number of nitrogen functional groups attached to an aromatic ring is 1. The van der Waals surface area contributed by atoms with E-state index >= 15 is 4.39 Å². The van der Waals surface area contributed by atoms with Crippen LogP contribution < -0.4 is 11.1 Å². The summed E-state index contributed by atoms with van der Waals surface area (Å²) in [5, 5.41) is 21.9. The van der Waals surface area contributed by atoms with Crippen molar-refractivity contribution >= 4 is 11.7 Å². The monoisotopic (exact) mass is 500 g/mol. The number of aliphatic hydroxyl groups excluding tert-OH is 2. The number of alkyl halides is 2. The predicted octanol–water partition coefficient (Wildman–Crippen LogP) is 4.28. The summed E-state index contributed by atoms with van der Waals surface area (Å²) in [7, 11) is 0. The molecule has 190 valence electrons. The number of carbonyl (C=O) groups excluding carboxylic acids is 1. The highest BCUT2D eigenvalue weighted by atomic mass is 19.3. The number of nitrogens with two attached hydrogens (primary N) is 1. The average molecular weight is 501 g/mol. The number of anilines is 1. The minimum atomic E-state index is -2.70. The number of carbonyl (C=O) groups is 1. The molecule has 36 heavy (non-hydrogen) atoms. The maximum Gasteiger partial charge on any atom is 0.263 e. The van der Waals surface area contributed by atoms with Gasteiger partial charge in [0, 0.05) is 17.0 Å². The number of benzene rings is 2. The van der Waals surface area contributed by atoms with Crippen LogP contribution in [0.2, 0.25) is 0 Å². The van der Waals surface area contributed by atoms with Gasteiger partial charge in [-0.3, -0.25) is 4.79 Å². The van der Waals surface area contributed by atoms with Crippen LogP contribution in [0, 0.1) is 5.82 Å². The number of nitrogens with one attached hydrogen (secondary N) is 1. The lowest BCUT2D eigenvalue weighted by atomic mass is 9.85. The second-order valence-corrected chi connectivity index (χ2v) is 8.91. The number of hydrogen-bond donors (Lipinski definition) is 4. The van der Waals surface area contributed by atoms with Crippen LogP contribution in [0.3, 0.4) is 0 Å². The molecule has 3 aromatic rings. The van der Waals surface area contributed by atoms with Gasteiger partial charge in [-0.25, -0.2) is 23.1 Å². The Balaban J connectivity index is 1.54. The third-order valence-corrected chi connectivity index (χ3v) is 6.47. The second-order valence-electron chi connectivity index (χ2n) is 8.91. The summed E-state index contributed by atoms with van der Waals surface area (Å²) >= 11 is 0. The molecule has 0 spiro atoms. The molecule has 1 atom stereocenters. The zero-order chi connectivity index (χ0) is 25.8. The molecule has 0 aliphatic heterocycles. The van der Waals surface area contributed by atoms with Gasteiger partial charge in [0.15, 0.2) is 0 Å². The Hall–Kier alpha value is -3.50. The van der Waals surface area contributed by atoms with Crippen molar-refractivity contribution in [1.82, 2.24) is 15.3 Å². The van der Waals surface area contributed by atoms with Gasteiger partial charge in [-0.1, -0.05) is 24.3 Å². The van der Waals surface area contributed by atoms with Crippen LogP contribution in [0.1, 0.15) is 71.2 Å². The molecule has 1 saturated carbocycles. The molecule has 4 rings (SSSR count). The number of halogens is 3. The molecular weight excluding hydrogens is 473 g/mol. The molecule has 0 radical (unpaired) electrons. The highest BCUT2D eigenvalue weighted by Crippen LogP contribution is 2.34. The Morgan fingerprint density at radius 2 is 1.83 bits per heavy atom. The number of rotatable bonds is 7. The molecule has 2 aromatic carbocycles. The summed E-state index contributed by atoms with van der Waals surface area (Å²) in [6.07, 6.45) is 1.45. The number of nitrogens with zero attached hydrogens (tertiary/aromatic N) is 2. The molecule has 1 amide bonds. The van der Waals surface area contributed by atoms with E-state index in [1.165, 1.54) is 36.4 Å². The van der Waals surface area contributed by atoms with Crippen molar-refractivity contribution in [2.75, 3.05) is 12.3 Å². The van der Waals surface area contributed by atoms with Crippen molar-refractivity contribution in [3.8, 4) is 11.3 Å². The zero-order valence-electron chi connectivity index (χ0n) is 19.4. The van der Waals surface area contributed by atoms with Gasteiger partial charge in [0.2, 0.25) is 0 Å². The number of amides is 1. The van der Waals surface area contributed by atoms with Gasteiger partial charge in [0.25, 0.3) is 12.3 Å². The third kappa shape index (κ3) is 5.66. The van der Waals surface area contributed by atoms with Crippen LogP contribution in [-0.2, 0) is 0 Å². The SMILES string of the molecule is Nc1ncc(C2CCC(O)CC2)nc1-c1ccc(C(=O)N[C@H](CO)c2cccc(C(F)F)c2)c(F)c1. The Morgan fingerprint density at radius 1 is 1.11 bits per heavy atom. The maximum atomic E-state index is 15.0. The Bertz CT molecular complexity index is 1230. The van der Waals surface area contributed by atoms with Crippen LogP contribution in [0.4, 0.5) is 19.0 Å². The lowest BCUT2D eigenvalue weighted by Crippen LogP contribution is -2.31. The fourth-order valence-corrected chi connectivity index (χ4v) is 4.42. The van der Waals surface area contributed by atoms with Crippen molar-refractivity contribution in [3.63, 3.8) is 0 Å². The summed E-state index contributed by atoms with van der Waals surface area (Å²) in [5.41, 5.74) is 7.09. The van der Waals surface area contributed by atoms with Gasteiger partial charge in [0.05, 0.1) is 36.2 Å². The topological polar surface area (TPSA) is 121 Å². The molecule has 1 aliphatic carbocycles. The standard InChI is InChI=1S/C26H27F3N4O3/c27-20-11-16(23-25(30)31-12-21(32-23)14-4-7-18(35)8-5-14)6-9-19(20)26(36)33-22(13-34)15-2-1-3-17(10-15)24(28)29/h1-3,6,9-12,14,18,22,24,34-35H,4-5,7-8,13H2,(H2,30,31)(H,33,36)/t14?,18?,22-/m1/s1. The highest BCUT2D eigenvalue weighted by Gasteiger charge is 2.24. The lowest BCUT2D eigenvalue weighted by molar-refractivity contribution is 0.0912. The van der Waals surface area contributed by atoms with E-state index in [0.29, 0.717) is 29.8 Å². The largest absolute Gasteiger partial charge is 0.394 e. The first-order valence-electron chi connectivity index (χ1n) is 11.7. The summed E-state index contributed by atoms with van der Waals surface area (Å²) in [4.78, 5) is 21.6. The molecule has 1 heterocycles. The molecular formula is C26H27F3N4O3. The first-order valence-corrected chi connectivity index (χ1v) is 11.7. The summed E-state index contributed by atoms with van der Waals surface area (Å²) in [6, 6.07) is 8.23. The second kappa shape index (κ2) is 11.0. The zero-order valence-corrected chi connectivity index (χ0v) is 19.4. The van der Waals surface area contributed by atoms with E-state index in [1.807, 2.05) is 0 Å². The van der Waals surface area contributed by atoms with E-state index in [4.69, 9.17) is 5.73 Å². The fourth-order valence-electron chi connectivity index (χ4n) is 4.42. The van der Waals surface area contributed by atoms with Crippen molar-refractivity contribution in [2.24, 2.45) is 0 Å². The predicted molar refractivity (Wildman–Crippen MR) is 128 cm³/mol. The van der Waals surface area contributed by atoms with Crippen LogP contribution >= 0.6 is 0 Å². The van der Waals surface area contributed by atoms with Crippen molar-refractivity contribution < 1.29 is 28.2 Å². The minimum Gasteiger partial charge on any atom is -0.394 e. The van der Waals surface area contributed by atoms with E-state index in [0.717, 1.165) is 18.9 Å². The van der Waals surface area contributed by atoms with Gasteiger partial charge in [-0.15, -0.1) is 0 Å². The van der Waals surface area contributed by atoms with E-state index in [9.17, 15) is 23.8 Å². The van der Waals surface area contributed by atoms with Crippen LogP contribution in [0.5, 0.6) is 0 Å². The quantitative estimate of drug-likeness (QED) is 0.384. The molecule has 10 heteroatoms. The Kier molecular flexibility index (Phi) is 7.85. The molecule has 1 fully saturated rings. The summed E-state index contributed by atoms with van der Waals surface area (Å²) in [5.74, 6) is -1.41. The smallest absolute Gasteiger partial charge is 0.263 e. The number of aromatic nitrogens is 2. The fraction of sp³-hybridized carbons (Fsp3) is 0.346. The lowest BCUT2D eigenvalue weighted by Gasteiger charge is -2.25. The number of hydrogen-bond acceptors (Lipinski definition) is 6. The van der Waals surface area contributed by atoms with E-state index in [2.05, 4.69) is 15.3 Å². The van der Waals surface area contributed by atoms with Crippen molar-refractivity contribution in [3.05, 3.63) is 76.9 Å². The van der Waals surface area contributed by atoms with Gasteiger partial charge in [-0.2, -0.15) is 0 Å². The van der Waals surface area contributed by atoms with Gasteiger partial charge >= 0.3 is 0 Å².